The highest BCUT2D eigenvalue weighted by Crippen LogP contribution is 2.30. The molecule has 0 saturated heterocycles. The molecule has 0 fully saturated rings. The fourth-order valence-electron chi connectivity index (χ4n) is 1.77. The molecule has 4 nitrogen and oxygen atoms in total. The molecular weight excluding hydrogens is 232 g/mol. The Labute approximate surface area is 103 Å². The molecule has 2 N–H and O–H groups in total. The molecule has 0 unspecified atom stereocenters. The average molecular weight is 244 g/mol. The van der Waals surface area contributed by atoms with Crippen LogP contribution in [0.5, 0.6) is 0 Å². The van der Waals surface area contributed by atoms with Crippen molar-refractivity contribution >= 4 is 22.8 Å². The number of hydrogen-bond donors (Lipinski definition) is 2. The zero-order valence-electron chi connectivity index (χ0n) is 9.61. The molecule has 2 aromatic heterocycles. The lowest BCUT2D eigenvalue weighted by molar-refractivity contribution is 1.02. The maximum absolute atomic E-state index is 4.54. The van der Waals surface area contributed by atoms with Crippen molar-refractivity contribution in [1.82, 2.24) is 20.2 Å². The summed E-state index contributed by atoms with van der Waals surface area (Å²) >= 11 is 1.61. The maximum atomic E-state index is 4.54. The number of aromatic amines is 2. The van der Waals surface area contributed by atoms with Crippen LogP contribution in [-0.4, -0.2) is 20.2 Å². The Morgan fingerprint density at radius 1 is 1.18 bits per heavy atom. The van der Waals surface area contributed by atoms with Crippen LogP contribution in [0.2, 0.25) is 0 Å². The van der Waals surface area contributed by atoms with Crippen LogP contribution in [0.4, 0.5) is 0 Å². The van der Waals surface area contributed by atoms with Crippen molar-refractivity contribution in [2.45, 2.75) is 23.9 Å². The molecule has 3 aromatic rings. The van der Waals surface area contributed by atoms with E-state index in [4.69, 9.17) is 0 Å². The first-order valence-corrected chi connectivity index (χ1v) is 6.20. The molecule has 0 aliphatic carbocycles. The summed E-state index contributed by atoms with van der Waals surface area (Å²) in [5, 5.41) is 8.06. The van der Waals surface area contributed by atoms with Crippen LogP contribution in [0.3, 0.4) is 0 Å². The van der Waals surface area contributed by atoms with E-state index in [1.807, 2.05) is 38.1 Å². The van der Waals surface area contributed by atoms with E-state index in [0.29, 0.717) is 0 Å². The van der Waals surface area contributed by atoms with Gasteiger partial charge in [-0.3, -0.25) is 5.10 Å². The number of hydrogen-bond acceptors (Lipinski definition) is 3. The lowest BCUT2D eigenvalue weighted by Gasteiger charge is -1.96. The lowest BCUT2D eigenvalue weighted by Crippen LogP contribution is -1.79. The first-order chi connectivity index (χ1) is 8.24. The predicted molar refractivity (Wildman–Crippen MR) is 68.3 cm³/mol. The Hall–Kier alpha value is -1.75. The van der Waals surface area contributed by atoms with Crippen molar-refractivity contribution in [1.29, 1.82) is 0 Å². The normalized spacial score (nSPS) is 11.2. The van der Waals surface area contributed by atoms with Gasteiger partial charge in [0.1, 0.15) is 0 Å². The monoisotopic (exact) mass is 244 g/mol. The molecule has 2 heterocycles. The van der Waals surface area contributed by atoms with Gasteiger partial charge in [0.15, 0.2) is 5.16 Å². The largest absolute Gasteiger partial charge is 0.333 e. The SMILES string of the molecule is Cc1n[nH]c(C)c1Sc1nc2ccccc2[nH]1. The topological polar surface area (TPSA) is 57.4 Å². The third-order valence-electron chi connectivity index (χ3n) is 2.63. The second kappa shape index (κ2) is 3.92. The van der Waals surface area contributed by atoms with Crippen LogP contribution in [0.1, 0.15) is 11.4 Å². The van der Waals surface area contributed by atoms with Crippen molar-refractivity contribution in [2.24, 2.45) is 0 Å². The standard InChI is InChI=1S/C12H12N4S/c1-7-11(8(2)16-15-7)17-12-13-9-5-3-4-6-10(9)14-12/h3-6H,1-2H3,(H,13,14)(H,15,16). The minimum absolute atomic E-state index is 0.902. The molecule has 86 valence electrons. The van der Waals surface area contributed by atoms with Crippen LogP contribution < -0.4 is 0 Å². The minimum Gasteiger partial charge on any atom is -0.333 e. The number of nitrogens with one attached hydrogen (secondary N) is 2. The molecule has 3 rings (SSSR count). The van der Waals surface area contributed by atoms with E-state index in [0.717, 1.165) is 32.5 Å². The molecule has 0 aliphatic rings. The summed E-state index contributed by atoms with van der Waals surface area (Å²) in [5.41, 5.74) is 4.14. The molecule has 0 spiro atoms. The van der Waals surface area contributed by atoms with E-state index < -0.39 is 0 Å². The third-order valence-corrected chi connectivity index (χ3v) is 3.82. The third kappa shape index (κ3) is 1.82. The van der Waals surface area contributed by atoms with Gasteiger partial charge in [0.05, 0.1) is 21.6 Å². The molecule has 0 radical (unpaired) electrons. The Kier molecular flexibility index (Phi) is 2.40. The number of imidazole rings is 1. The van der Waals surface area contributed by atoms with E-state index in [1.54, 1.807) is 11.8 Å². The second-order valence-electron chi connectivity index (χ2n) is 3.92. The van der Waals surface area contributed by atoms with Crippen LogP contribution in [0.25, 0.3) is 11.0 Å². The summed E-state index contributed by atoms with van der Waals surface area (Å²) in [5.74, 6) is 0. The first kappa shape index (κ1) is 10.4. The summed E-state index contributed by atoms with van der Waals surface area (Å²) in [6.45, 7) is 4.01. The summed E-state index contributed by atoms with van der Waals surface area (Å²) in [4.78, 5) is 8.98. The lowest BCUT2D eigenvalue weighted by atomic mass is 10.3. The van der Waals surface area contributed by atoms with Gasteiger partial charge >= 0.3 is 0 Å². The van der Waals surface area contributed by atoms with Crippen molar-refractivity contribution in [3.05, 3.63) is 35.7 Å². The number of rotatable bonds is 2. The first-order valence-electron chi connectivity index (χ1n) is 5.38. The van der Waals surface area contributed by atoms with Gasteiger partial charge in [-0.2, -0.15) is 5.10 Å². The van der Waals surface area contributed by atoms with Crippen molar-refractivity contribution in [2.75, 3.05) is 0 Å². The molecular formula is C12H12N4S. The summed E-state index contributed by atoms with van der Waals surface area (Å²) in [6.07, 6.45) is 0. The van der Waals surface area contributed by atoms with Crippen molar-refractivity contribution in [3.63, 3.8) is 0 Å². The number of para-hydroxylation sites is 2. The van der Waals surface area contributed by atoms with Crippen molar-refractivity contribution in [3.8, 4) is 0 Å². The summed E-state index contributed by atoms with van der Waals surface area (Å²) in [7, 11) is 0. The van der Waals surface area contributed by atoms with Gasteiger partial charge < -0.3 is 4.98 Å². The molecule has 1 aromatic carbocycles. The van der Waals surface area contributed by atoms with E-state index in [1.165, 1.54) is 0 Å². The maximum Gasteiger partial charge on any atom is 0.171 e. The van der Waals surface area contributed by atoms with Gasteiger partial charge in [-0.1, -0.05) is 12.1 Å². The van der Waals surface area contributed by atoms with E-state index in [2.05, 4.69) is 20.2 Å². The van der Waals surface area contributed by atoms with Gasteiger partial charge in [0.25, 0.3) is 0 Å². The highest BCUT2D eigenvalue weighted by atomic mass is 32.2. The van der Waals surface area contributed by atoms with Crippen LogP contribution in [-0.2, 0) is 0 Å². The second-order valence-corrected chi connectivity index (χ2v) is 4.92. The number of fused-ring (bicyclic) bond motifs is 1. The van der Waals surface area contributed by atoms with Gasteiger partial charge in [-0.25, -0.2) is 4.98 Å². The van der Waals surface area contributed by atoms with E-state index in [9.17, 15) is 0 Å². The number of benzene rings is 1. The number of aromatic nitrogens is 4. The highest BCUT2D eigenvalue weighted by molar-refractivity contribution is 7.99. The molecule has 0 amide bonds. The predicted octanol–water partition coefficient (Wildman–Crippen LogP) is 3.05. The Morgan fingerprint density at radius 3 is 2.71 bits per heavy atom. The summed E-state index contributed by atoms with van der Waals surface area (Å²) < 4.78 is 0. The molecule has 17 heavy (non-hydrogen) atoms. The number of aryl methyl sites for hydroxylation is 2. The Balaban J connectivity index is 2.00. The zero-order chi connectivity index (χ0) is 11.8. The fourth-order valence-corrected chi connectivity index (χ4v) is 2.66. The van der Waals surface area contributed by atoms with Gasteiger partial charge in [-0.05, 0) is 37.7 Å². The van der Waals surface area contributed by atoms with E-state index in [-0.39, 0.29) is 0 Å². The van der Waals surface area contributed by atoms with Gasteiger partial charge in [-0.15, -0.1) is 0 Å². The molecule has 0 saturated carbocycles. The van der Waals surface area contributed by atoms with Crippen LogP contribution in [0.15, 0.2) is 34.3 Å². The highest BCUT2D eigenvalue weighted by Gasteiger charge is 2.10. The average Bonchev–Trinajstić information content (AvgIpc) is 2.87. The Bertz CT molecular complexity index is 616. The molecule has 0 bridgehead atoms. The van der Waals surface area contributed by atoms with Gasteiger partial charge in [0, 0.05) is 5.69 Å². The molecule has 0 aliphatic heterocycles. The molecule has 0 atom stereocenters. The van der Waals surface area contributed by atoms with Crippen LogP contribution >= 0.6 is 11.8 Å². The van der Waals surface area contributed by atoms with Gasteiger partial charge in [0.2, 0.25) is 0 Å². The quantitative estimate of drug-likeness (QED) is 0.728. The minimum atomic E-state index is 0.902. The smallest absolute Gasteiger partial charge is 0.171 e. The van der Waals surface area contributed by atoms with Crippen molar-refractivity contribution < 1.29 is 0 Å². The summed E-state index contributed by atoms with van der Waals surface area (Å²) in [6, 6.07) is 8.03. The fraction of sp³-hybridized carbons (Fsp3) is 0.167. The van der Waals surface area contributed by atoms with E-state index >= 15 is 0 Å². The number of H-pyrrole nitrogens is 2. The Morgan fingerprint density at radius 2 is 2.00 bits per heavy atom. The zero-order valence-corrected chi connectivity index (χ0v) is 10.4. The van der Waals surface area contributed by atoms with Crippen LogP contribution in [0, 0.1) is 13.8 Å². The molecule has 5 heteroatoms. The number of nitrogens with zero attached hydrogens (tertiary/aromatic N) is 2.